The normalized spacial score (nSPS) is 19.9. The van der Waals surface area contributed by atoms with Gasteiger partial charge in [0.15, 0.2) is 0 Å². The molecule has 0 unspecified atom stereocenters. The third kappa shape index (κ3) is 16.2. The number of hydrogen-bond donors (Lipinski definition) is 1. The minimum absolute atomic E-state index is 0.000222. The van der Waals surface area contributed by atoms with Crippen molar-refractivity contribution in [1.82, 2.24) is 54.6 Å². The van der Waals surface area contributed by atoms with Crippen molar-refractivity contribution in [2.24, 2.45) is 0 Å². The van der Waals surface area contributed by atoms with Crippen molar-refractivity contribution in [2.45, 2.75) is 148 Å². The summed E-state index contributed by atoms with van der Waals surface area (Å²) in [6.07, 6.45) is 1.63. The Morgan fingerprint density at radius 1 is 0.608 bits per heavy atom. The van der Waals surface area contributed by atoms with Gasteiger partial charge >= 0.3 is 0 Å². The van der Waals surface area contributed by atoms with E-state index in [0.717, 1.165) is 47.5 Å². The molecule has 408 valence electrons. The fourth-order valence-corrected chi connectivity index (χ4v) is 9.66. The third-order valence-electron chi connectivity index (χ3n) is 14.1. The summed E-state index contributed by atoms with van der Waals surface area (Å²) in [4.78, 5) is 61.9. The van der Waals surface area contributed by atoms with Crippen molar-refractivity contribution in [2.75, 3.05) is 81.2 Å². The van der Waals surface area contributed by atoms with Crippen LogP contribution in [-0.4, -0.2) is 163 Å². The lowest BCUT2D eigenvalue weighted by atomic mass is 9.91. The maximum absolute atomic E-state index is 13.7. The highest BCUT2D eigenvalue weighted by Crippen LogP contribution is 2.37. The first-order valence-corrected chi connectivity index (χ1v) is 25.8. The highest BCUT2D eigenvalue weighted by Gasteiger charge is 2.38. The fraction of sp³-hybridized carbons (Fsp3) is 0.660. The second-order valence-electron chi connectivity index (χ2n) is 19.9. The Bertz CT molecular complexity index is 2510. The van der Waals surface area contributed by atoms with Gasteiger partial charge in [0, 0.05) is 160 Å². The van der Waals surface area contributed by atoms with Crippen LogP contribution in [0.15, 0.2) is 24.3 Å². The summed E-state index contributed by atoms with van der Waals surface area (Å²) < 4.78 is 80.2. The first-order valence-electron chi connectivity index (χ1n) is 25.4. The summed E-state index contributed by atoms with van der Waals surface area (Å²) in [5, 5.41) is 12.3. The van der Waals surface area contributed by atoms with Crippen LogP contribution in [0.3, 0.4) is 0 Å². The van der Waals surface area contributed by atoms with E-state index in [2.05, 4.69) is 35.3 Å². The fourth-order valence-electron chi connectivity index (χ4n) is 9.48. The van der Waals surface area contributed by atoms with Gasteiger partial charge in [0.1, 0.15) is 28.4 Å². The van der Waals surface area contributed by atoms with Crippen LogP contribution in [0.2, 0.25) is 5.15 Å². The zero-order valence-electron chi connectivity index (χ0n) is 43.8. The lowest BCUT2D eigenvalue weighted by Crippen LogP contribution is -2.48. The van der Waals surface area contributed by atoms with Crippen LogP contribution in [0, 0.1) is 27.7 Å². The minimum atomic E-state index is -2.57. The van der Waals surface area contributed by atoms with Gasteiger partial charge in [0.2, 0.25) is 29.6 Å². The molecule has 2 amide bonds. The van der Waals surface area contributed by atoms with Crippen LogP contribution in [0.25, 0.3) is 11.9 Å². The number of carbonyl (C=O) groups excluding carboxylic acids is 3. The molecule has 3 aliphatic carbocycles. The smallest absolute Gasteiger partial charge is 0.254 e. The molecule has 4 aromatic rings. The quantitative estimate of drug-likeness (QED) is 0.140. The maximum Gasteiger partial charge on any atom is 0.254 e. The van der Waals surface area contributed by atoms with Gasteiger partial charge in [-0.25, -0.2) is 35.7 Å². The van der Waals surface area contributed by atoms with Gasteiger partial charge in [-0.3, -0.25) is 14.4 Å². The van der Waals surface area contributed by atoms with Crippen molar-refractivity contribution < 1.29 is 40.7 Å². The number of hydrogen-bond acceptors (Lipinski definition) is 13. The number of ketones is 1. The predicted octanol–water partition coefficient (Wildman–Crippen LogP) is 8.11. The molecule has 5 fully saturated rings. The van der Waals surface area contributed by atoms with Crippen LogP contribution in [-0.2, 0) is 14.4 Å². The van der Waals surface area contributed by atoms with Crippen molar-refractivity contribution >= 4 is 46.7 Å². The Morgan fingerprint density at radius 2 is 1.01 bits per heavy atom. The largest absolute Gasteiger partial charge is 0.356 e. The topological polar surface area (TPSA) is 167 Å². The molecule has 17 nitrogen and oxygen atoms in total. The summed E-state index contributed by atoms with van der Waals surface area (Å²) >= 11 is 6.17. The Balaban J connectivity index is 0.000000183. The number of halogens is 7. The SMILES string of the molecule is CC(=O)N1CCN(c2cc(Cl)nc(-n3nc(C)cc3C)n2)CC1.CC(=O)N1CCN(c2cc(N(C)C3CCC(F)(F)CC3)nc(-n3nc(C)cc3C)n2)CC1.CNC1CCC(F)(F)CC1.O=C1CCC(F)(F)CC1. The molecule has 0 aromatic carbocycles. The van der Waals surface area contributed by atoms with Crippen LogP contribution < -0.4 is 20.0 Å². The zero-order chi connectivity index (χ0) is 54.1. The van der Waals surface area contributed by atoms with Crippen LogP contribution in [0.1, 0.15) is 114 Å². The average molecular weight is 1070 g/mol. The molecule has 2 aliphatic heterocycles. The summed E-state index contributed by atoms with van der Waals surface area (Å²) in [5.41, 5.74) is 3.66. The number of amides is 2. The van der Waals surface area contributed by atoms with Crippen molar-refractivity contribution in [3.63, 3.8) is 0 Å². The molecule has 5 aliphatic rings. The number of Topliss-reactive ketones (excluding diaryl/α,β-unsaturated/α-hetero) is 1. The van der Waals surface area contributed by atoms with Crippen LogP contribution in [0.5, 0.6) is 0 Å². The van der Waals surface area contributed by atoms with Crippen molar-refractivity contribution in [3.8, 4) is 11.9 Å². The molecule has 3 saturated carbocycles. The number of piperazine rings is 2. The maximum atomic E-state index is 13.7. The van der Waals surface area contributed by atoms with E-state index in [1.807, 2.05) is 74.7 Å². The molecule has 74 heavy (non-hydrogen) atoms. The van der Waals surface area contributed by atoms with Crippen molar-refractivity contribution in [3.05, 3.63) is 52.2 Å². The summed E-state index contributed by atoms with van der Waals surface area (Å²) in [7, 11) is 3.74. The Hall–Kier alpha value is -5.58. The summed E-state index contributed by atoms with van der Waals surface area (Å²) in [6.45, 7) is 16.4. The van der Waals surface area contributed by atoms with Gasteiger partial charge in [0.05, 0.1) is 11.4 Å². The van der Waals surface area contributed by atoms with E-state index in [9.17, 15) is 40.7 Å². The number of aryl methyl sites for hydroxylation is 4. The molecule has 0 spiro atoms. The number of carbonyl (C=O) groups is 3. The van der Waals surface area contributed by atoms with E-state index in [4.69, 9.17) is 21.6 Å². The average Bonchev–Trinajstić information content (AvgIpc) is 3.89. The second kappa shape index (κ2) is 24.8. The van der Waals surface area contributed by atoms with E-state index in [0.29, 0.717) is 93.9 Å². The summed E-state index contributed by atoms with van der Waals surface area (Å²) in [5.74, 6) is -4.22. The van der Waals surface area contributed by atoms with E-state index in [-0.39, 0.29) is 75.0 Å². The van der Waals surface area contributed by atoms with Gasteiger partial charge < -0.3 is 29.8 Å². The number of aromatic nitrogens is 8. The highest BCUT2D eigenvalue weighted by molar-refractivity contribution is 6.29. The van der Waals surface area contributed by atoms with E-state index >= 15 is 0 Å². The van der Waals surface area contributed by atoms with Gasteiger partial charge in [-0.05, 0) is 72.6 Å². The van der Waals surface area contributed by atoms with Gasteiger partial charge in [0.25, 0.3) is 11.9 Å². The Labute approximate surface area is 434 Å². The molecule has 2 saturated heterocycles. The van der Waals surface area contributed by atoms with Crippen LogP contribution >= 0.6 is 11.6 Å². The molecule has 6 heterocycles. The monoisotopic (exact) mass is 1060 g/mol. The number of anilines is 3. The number of nitrogens with zero attached hydrogens (tertiary/aromatic N) is 13. The molecule has 1 N–H and O–H groups in total. The number of alkyl halides is 6. The van der Waals surface area contributed by atoms with E-state index in [1.165, 1.54) is 0 Å². The molecular weight excluding hydrogens is 994 g/mol. The van der Waals surface area contributed by atoms with Crippen molar-refractivity contribution in [1.29, 1.82) is 0 Å². The van der Waals surface area contributed by atoms with Gasteiger partial charge in [-0.2, -0.15) is 30.1 Å². The van der Waals surface area contributed by atoms with Gasteiger partial charge in [-0.15, -0.1) is 0 Å². The van der Waals surface area contributed by atoms with E-state index < -0.39 is 17.8 Å². The molecule has 0 bridgehead atoms. The molecule has 0 atom stereocenters. The van der Waals surface area contributed by atoms with Crippen LogP contribution in [0.4, 0.5) is 43.8 Å². The Morgan fingerprint density at radius 3 is 1.41 bits per heavy atom. The standard InChI is InChI=1S/C22H31F2N7O.C15H19ClN6O.C7H13F2N.C6H8F2O/c1-15-13-16(2)31(27-15)21-25-19(28(4)18-5-7-22(23,24)8-6-18)14-20(26-21)30-11-9-29(10-12-30)17(3)32;1-10-8-11(2)22(19-10)15-17-13(16)9-14(18-15)21-6-4-20(5-7-21)12(3)23;1-10-6-2-4-7(8,9)5-3-6;7-6(8)3-1-5(9)2-4-6/h13-14,18H,5-12H2,1-4H3;8-9H,4-7H2,1-3H3;6,10H,2-5H2,1H3;1-4H2. The molecule has 24 heteroatoms. The predicted molar refractivity (Wildman–Crippen MR) is 271 cm³/mol. The molecule has 4 aromatic heterocycles. The molecule has 0 radical (unpaired) electrons. The van der Waals surface area contributed by atoms with Gasteiger partial charge in [-0.1, -0.05) is 11.6 Å². The zero-order valence-corrected chi connectivity index (χ0v) is 44.5. The van der Waals surface area contributed by atoms with E-state index in [1.54, 1.807) is 29.3 Å². The third-order valence-corrected chi connectivity index (χ3v) is 14.3. The lowest BCUT2D eigenvalue weighted by Gasteiger charge is -2.37. The first-order chi connectivity index (χ1) is 34.8. The lowest BCUT2D eigenvalue weighted by molar-refractivity contribution is -0.129. The Kier molecular flexibility index (Phi) is 19.4. The first kappa shape index (κ1) is 57.7. The highest BCUT2D eigenvalue weighted by atomic mass is 35.5. The number of rotatable bonds is 7. The summed E-state index contributed by atoms with van der Waals surface area (Å²) in [6, 6.07) is 7.93. The second-order valence-corrected chi connectivity index (χ2v) is 20.3. The number of nitrogens with one attached hydrogen (secondary N) is 1. The minimum Gasteiger partial charge on any atom is -0.356 e. The molecular formula is C50H71ClF6N14O3. The molecule has 9 rings (SSSR count).